The van der Waals surface area contributed by atoms with Crippen LogP contribution in [0.2, 0.25) is 0 Å². The number of ether oxygens (including phenoxy) is 4. The summed E-state index contributed by atoms with van der Waals surface area (Å²) < 4.78 is 163. The van der Waals surface area contributed by atoms with Gasteiger partial charge >= 0.3 is 113 Å². The fraction of sp³-hybridized carbons (Fsp3) is 0.465. The van der Waals surface area contributed by atoms with E-state index in [4.69, 9.17) is 104 Å². The van der Waals surface area contributed by atoms with Crippen LogP contribution >= 0.6 is 71.2 Å². The Morgan fingerprint density at radius 1 is 0.626 bits per heavy atom. The van der Waals surface area contributed by atoms with Crippen LogP contribution in [0.4, 0.5) is 14.4 Å². The first-order valence-electron chi connectivity index (χ1n) is 24.5. The first kappa shape index (κ1) is 94.5. The van der Waals surface area contributed by atoms with Gasteiger partial charge in [-0.2, -0.15) is 8.42 Å². The molecule has 3 aromatic carbocycles. The average Bonchev–Trinajstić information content (AvgIpc) is 2.05. The zero-order chi connectivity index (χ0) is 69.8. The molecule has 3 aromatic rings. The van der Waals surface area contributed by atoms with Crippen molar-refractivity contribution in [2.24, 2.45) is 21.7 Å². The summed E-state index contributed by atoms with van der Waals surface area (Å²) >= 11 is 29.9. The minimum atomic E-state index is -4.31. The number of carboxylic acid groups (broad SMARTS) is 1. The van der Waals surface area contributed by atoms with E-state index < -0.39 is 93.0 Å². The number of aliphatic carboxylic acids is 1. The third-order valence-corrected chi connectivity index (χ3v) is 14.7. The van der Waals surface area contributed by atoms with Gasteiger partial charge in [-0.1, -0.05) is 91.0 Å². The summed E-state index contributed by atoms with van der Waals surface area (Å²) in [4.78, 5) is 55.3. The van der Waals surface area contributed by atoms with Gasteiger partial charge in [0.15, 0.2) is 0 Å². The number of sulfonamides is 4. The van der Waals surface area contributed by atoms with E-state index in [-0.39, 0.29) is 137 Å². The number of rotatable bonds is 22. The molecular weight excluding hydrogens is 1500 g/mol. The molecular formula is C43H70Cl6N10NaO24PS6. The van der Waals surface area contributed by atoms with Crippen LogP contribution in [0.1, 0.15) is 23.1 Å². The molecule has 34 nitrogen and oxygen atoms in total. The van der Waals surface area contributed by atoms with Crippen molar-refractivity contribution in [1.82, 2.24) is 29.9 Å². The molecule has 48 heteroatoms. The number of benzene rings is 3. The number of nitrogens with two attached hydrogens (primary N) is 4. The smallest absolute Gasteiger partial charge is 0.748 e. The molecule has 520 valence electrons. The van der Waals surface area contributed by atoms with Crippen LogP contribution in [0.3, 0.4) is 0 Å². The van der Waals surface area contributed by atoms with Crippen LogP contribution in [0, 0.1) is 0 Å². The fourth-order valence-electron chi connectivity index (χ4n) is 5.05. The Hall–Kier alpha value is -2.92. The standard InChI is InChI=1S/C10H14N2O4S.C10H13NO5S.C8H7ClO2.C7H16N4O4S2.C4H6O4.C2H8N2O2S.C2H7NO3S.Cl5P.Na/c11-17(14,15)7-6-12-10(13)16-8-9-4-2-1-3-5-9;12-10(11-6-7-17(13,14)15)16-8-9-4-2-1-3-5-9;9-8(10)11-6-7-4-2-1-3-5-7;12-16(13)3-1-10(5-8-16)7-11-2-4-17(14,15)9-6-11;5-3-8-2-1-4(6)7;2*3-1-2-7(4,5)6;1-6(2,3,4)5;/h1-5H,6-8H2,(H,12,13)(H2,11,14,15);1-5H,6-8H2,(H,11,12)(H,13,14,15);1-5H,6H2;8-9H,1-7H2;3H,1-2H2,(H,6,7);1-3H2,(H2,4,5,6);1-3H2,(H,4,5,6);;/q;;;;;;;;+1/p-1. The molecule has 0 aromatic heterocycles. The SMILES string of the molecule is ClP(Cl)(Cl)(Cl)Cl.NCCS(=O)(=O)O.NCCS(N)(=O)=O.NS(=O)(=O)CCNC(=O)OCc1ccccc1.O=C(Cl)OCc1ccccc1.O=C(NCCS(=O)(=O)[O-])OCc1ccccc1.O=COCCC(=O)O.O=S1(=O)CCN(CN2CCS(=O)(=O)NC2)CN1.[Na+]. The molecule has 0 unspecified atom stereocenters. The first-order valence-corrected chi connectivity index (χ1v) is 41.6. The average molecular weight is 1570 g/mol. The number of nitrogens with zero attached hydrogens (tertiary/aromatic N) is 2. The molecule has 2 amide bonds. The zero-order valence-corrected chi connectivity index (χ0v) is 60.5. The topological polar surface area (TPSA) is 549 Å². The minimum Gasteiger partial charge on any atom is -0.748 e. The van der Waals surface area contributed by atoms with E-state index in [9.17, 15) is 79.0 Å². The normalized spacial score (nSPS) is 14.6. The molecule has 2 fully saturated rings. The second-order valence-corrected chi connectivity index (χ2v) is 44.1. The first-order chi connectivity index (χ1) is 41.2. The number of hydrogen-bond acceptors (Lipinski definition) is 26. The van der Waals surface area contributed by atoms with Gasteiger partial charge in [0, 0.05) is 50.9 Å². The van der Waals surface area contributed by atoms with Gasteiger partial charge in [-0.05, 0) is 16.7 Å². The third-order valence-electron chi connectivity index (χ3n) is 8.95. The Bertz CT molecular complexity index is 3070. The van der Waals surface area contributed by atoms with Gasteiger partial charge in [-0.15, -0.1) is 0 Å². The maximum Gasteiger partial charge on any atom is 1.00 e. The molecule has 0 spiro atoms. The molecule has 0 radical (unpaired) electrons. The van der Waals surface area contributed by atoms with Crippen molar-refractivity contribution in [3.05, 3.63) is 108 Å². The van der Waals surface area contributed by atoms with Gasteiger partial charge in [0.2, 0.25) is 40.1 Å². The largest absolute Gasteiger partial charge is 1.00 e. The molecule has 2 saturated heterocycles. The number of carbonyl (C=O) groups is 5. The Morgan fingerprint density at radius 3 is 1.21 bits per heavy atom. The van der Waals surface area contributed by atoms with Crippen molar-refractivity contribution in [1.29, 1.82) is 0 Å². The van der Waals surface area contributed by atoms with Gasteiger partial charge in [-0.25, -0.2) is 76.2 Å². The Kier molecular flexibility index (Phi) is 51.5. The van der Waals surface area contributed by atoms with Gasteiger partial charge in [0.05, 0.1) is 71.1 Å². The van der Waals surface area contributed by atoms with Crippen molar-refractivity contribution in [3.8, 4) is 0 Å². The number of hydrogen-bond donors (Lipinski definition) is 10. The number of halogens is 6. The summed E-state index contributed by atoms with van der Waals surface area (Å²) in [6.07, 6.45) is -1.55. The van der Waals surface area contributed by atoms with Gasteiger partial charge in [0.25, 0.3) is 16.6 Å². The van der Waals surface area contributed by atoms with Crippen molar-refractivity contribution in [3.63, 3.8) is 0 Å². The summed E-state index contributed by atoms with van der Waals surface area (Å²) in [5.74, 6) is -2.23. The molecule has 2 aliphatic rings. The maximum atomic E-state index is 11.1. The van der Waals surface area contributed by atoms with E-state index >= 15 is 0 Å². The van der Waals surface area contributed by atoms with Crippen molar-refractivity contribution in [2.75, 3.05) is 100 Å². The van der Waals surface area contributed by atoms with Crippen LogP contribution in [0.15, 0.2) is 91.0 Å². The Morgan fingerprint density at radius 2 is 0.967 bits per heavy atom. The molecule has 2 heterocycles. The predicted molar refractivity (Wildman–Crippen MR) is 339 cm³/mol. The number of carboxylic acids is 1. The third kappa shape index (κ3) is 76.0. The fourth-order valence-corrected chi connectivity index (χ4v) is 8.51. The molecule has 0 saturated carbocycles. The summed E-state index contributed by atoms with van der Waals surface area (Å²) in [5.41, 5.74) is 11.5. The molecule has 2 aliphatic heterocycles. The predicted octanol–water partition coefficient (Wildman–Crippen LogP) is -1.44. The number of carbonyl (C=O) groups excluding carboxylic acids is 4. The maximum absolute atomic E-state index is 11.1. The van der Waals surface area contributed by atoms with Crippen molar-refractivity contribution < 1.29 is 137 Å². The molecule has 0 atom stereocenters. The van der Waals surface area contributed by atoms with Crippen LogP contribution in [0.5, 0.6) is 0 Å². The second kappa shape index (κ2) is 49.6. The summed E-state index contributed by atoms with van der Waals surface area (Å²) in [6, 6.07) is 27.5. The second-order valence-electron chi connectivity index (χ2n) is 16.8. The van der Waals surface area contributed by atoms with Crippen molar-refractivity contribution >= 4 is 162 Å². The van der Waals surface area contributed by atoms with Gasteiger partial charge in [0.1, 0.15) is 26.4 Å². The minimum absolute atomic E-state index is 0. The molecule has 5 rings (SSSR count). The quantitative estimate of drug-likeness (QED) is 0.0105. The number of amides is 2. The monoisotopic (exact) mass is 1570 g/mol. The number of primary sulfonamides is 2. The van der Waals surface area contributed by atoms with E-state index in [1.54, 1.807) is 24.3 Å². The van der Waals surface area contributed by atoms with Crippen LogP contribution in [-0.4, -0.2) is 205 Å². The zero-order valence-electron chi connectivity index (χ0n) is 48.1. The molecule has 14 N–H and O–H groups in total. The summed E-state index contributed by atoms with van der Waals surface area (Å²) in [6.45, 7) is 2.48. The van der Waals surface area contributed by atoms with Crippen LogP contribution < -0.4 is 71.4 Å². The van der Waals surface area contributed by atoms with E-state index in [1.165, 1.54) is 0 Å². The van der Waals surface area contributed by atoms with Crippen LogP contribution in [-0.2, 0) is 109 Å². The van der Waals surface area contributed by atoms with Crippen molar-refractivity contribution in [2.45, 2.75) is 26.2 Å². The molecule has 0 bridgehead atoms. The number of alkyl carbamates (subject to hydrolysis) is 2. The summed E-state index contributed by atoms with van der Waals surface area (Å²) in [5, 5.41) is 21.7. The van der Waals surface area contributed by atoms with Gasteiger partial charge in [-0.3, -0.25) is 23.9 Å². The Labute approximate surface area is 579 Å². The molecule has 91 heavy (non-hydrogen) atoms. The number of nitrogens with one attached hydrogen (secondary N) is 4. The van der Waals surface area contributed by atoms with E-state index in [1.807, 2.05) is 76.5 Å². The molecule has 0 aliphatic carbocycles. The Balaban J connectivity index is -0.000000490. The summed E-state index contributed by atoms with van der Waals surface area (Å²) in [7, 11) is -21.2. The van der Waals surface area contributed by atoms with E-state index in [2.05, 4.69) is 34.7 Å². The van der Waals surface area contributed by atoms with E-state index in [0.29, 0.717) is 19.8 Å². The van der Waals surface area contributed by atoms with Gasteiger partial charge < -0.3 is 50.7 Å². The van der Waals surface area contributed by atoms with Crippen LogP contribution in [0.25, 0.3) is 0 Å². The van der Waals surface area contributed by atoms with E-state index in [0.717, 1.165) is 16.7 Å².